The Hall–Kier alpha value is -0.620. The summed E-state index contributed by atoms with van der Waals surface area (Å²) < 4.78 is 22.3. The zero-order chi connectivity index (χ0) is 10.8. The second-order valence-electron chi connectivity index (χ2n) is 2.86. The van der Waals surface area contributed by atoms with Crippen molar-refractivity contribution < 1.29 is 13.6 Å². The lowest BCUT2D eigenvalue weighted by Crippen LogP contribution is -2.08. The number of halogens is 1. The molecule has 0 heterocycles. The van der Waals surface area contributed by atoms with Gasteiger partial charge in [0, 0.05) is 17.8 Å². The van der Waals surface area contributed by atoms with Gasteiger partial charge in [0.25, 0.3) is 0 Å². The standard InChI is InChI=1S/C8H10ClNO3S/c1-14(12,13)7-2-3-8(9)6(4-7)5-10-11/h2-4,10-11H,5H2,1H3. The van der Waals surface area contributed by atoms with Crippen LogP contribution in [0, 0.1) is 0 Å². The van der Waals surface area contributed by atoms with Crippen molar-refractivity contribution in [3.8, 4) is 0 Å². The van der Waals surface area contributed by atoms with E-state index in [0.717, 1.165) is 6.26 Å². The molecule has 0 fully saturated rings. The van der Waals surface area contributed by atoms with Crippen molar-refractivity contribution in [3.05, 3.63) is 28.8 Å². The highest BCUT2D eigenvalue weighted by Gasteiger charge is 2.09. The minimum absolute atomic E-state index is 0.113. The van der Waals surface area contributed by atoms with Crippen LogP contribution in [0.4, 0.5) is 0 Å². The lowest BCUT2D eigenvalue weighted by Gasteiger charge is -2.05. The molecule has 0 aliphatic rings. The first kappa shape index (κ1) is 11.5. The van der Waals surface area contributed by atoms with E-state index in [1.165, 1.54) is 18.2 Å². The lowest BCUT2D eigenvalue weighted by molar-refractivity contribution is 0.161. The first-order chi connectivity index (χ1) is 6.45. The molecule has 0 aliphatic heterocycles. The second-order valence-corrected chi connectivity index (χ2v) is 5.28. The molecule has 1 aromatic carbocycles. The number of benzene rings is 1. The van der Waals surface area contributed by atoms with Gasteiger partial charge in [0.1, 0.15) is 0 Å². The molecule has 4 nitrogen and oxygen atoms in total. The fourth-order valence-corrected chi connectivity index (χ4v) is 1.86. The second kappa shape index (κ2) is 4.27. The van der Waals surface area contributed by atoms with E-state index in [2.05, 4.69) is 0 Å². The van der Waals surface area contributed by atoms with Crippen molar-refractivity contribution in [1.82, 2.24) is 5.48 Å². The summed E-state index contributed by atoms with van der Waals surface area (Å²) in [6, 6.07) is 4.35. The van der Waals surface area contributed by atoms with Crippen molar-refractivity contribution in [2.24, 2.45) is 0 Å². The van der Waals surface area contributed by atoms with E-state index < -0.39 is 9.84 Å². The molecule has 0 aliphatic carbocycles. The molecule has 0 saturated carbocycles. The van der Waals surface area contributed by atoms with Crippen molar-refractivity contribution in [2.45, 2.75) is 11.4 Å². The largest absolute Gasteiger partial charge is 0.316 e. The van der Waals surface area contributed by atoms with Gasteiger partial charge in [-0.2, -0.15) is 0 Å². The molecule has 6 heteroatoms. The molecule has 0 spiro atoms. The van der Waals surface area contributed by atoms with Crippen LogP contribution in [0.15, 0.2) is 23.1 Å². The van der Waals surface area contributed by atoms with Gasteiger partial charge in [0.15, 0.2) is 9.84 Å². The van der Waals surface area contributed by atoms with E-state index in [-0.39, 0.29) is 11.4 Å². The van der Waals surface area contributed by atoms with Crippen LogP contribution >= 0.6 is 11.6 Å². The average molecular weight is 236 g/mol. The Kier molecular flexibility index (Phi) is 3.49. The maximum absolute atomic E-state index is 11.2. The number of rotatable bonds is 3. The molecule has 1 aromatic rings. The summed E-state index contributed by atoms with van der Waals surface area (Å²) in [5, 5.41) is 8.90. The molecular formula is C8H10ClNO3S. The molecule has 2 N–H and O–H groups in total. The smallest absolute Gasteiger partial charge is 0.175 e. The van der Waals surface area contributed by atoms with Crippen LogP contribution in [0.3, 0.4) is 0 Å². The highest BCUT2D eigenvalue weighted by atomic mass is 35.5. The average Bonchev–Trinajstić information content (AvgIpc) is 2.07. The van der Waals surface area contributed by atoms with Crippen LogP contribution in [0.5, 0.6) is 0 Å². The number of sulfone groups is 1. The Labute approximate surface area is 87.4 Å². The van der Waals surface area contributed by atoms with Gasteiger partial charge < -0.3 is 5.21 Å². The number of hydrogen-bond acceptors (Lipinski definition) is 4. The van der Waals surface area contributed by atoms with Gasteiger partial charge in [0.2, 0.25) is 0 Å². The summed E-state index contributed by atoms with van der Waals surface area (Å²) in [5.41, 5.74) is 2.46. The topological polar surface area (TPSA) is 66.4 Å². The van der Waals surface area contributed by atoms with Gasteiger partial charge in [0.05, 0.1) is 4.90 Å². The highest BCUT2D eigenvalue weighted by molar-refractivity contribution is 7.90. The van der Waals surface area contributed by atoms with Gasteiger partial charge in [-0.1, -0.05) is 11.6 Å². The third-order valence-electron chi connectivity index (χ3n) is 1.71. The molecular weight excluding hydrogens is 226 g/mol. The maximum Gasteiger partial charge on any atom is 0.175 e. The molecule has 0 amide bonds. The Bertz CT molecular complexity index is 430. The fraction of sp³-hybridized carbons (Fsp3) is 0.250. The van der Waals surface area contributed by atoms with E-state index in [4.69, 9.17) is 16.8 Å². The first-order valence-electron chi connectivity index (χ1n) is 3.80. The predicted molar refractivity (Wildman–Crippen MR) is 53.2 cm³/mol. The Morgan fingerprint density at radius 1 is 1.50 bits per heavy atom. The first-order valence-corrected chi connectivity index (χ1v) is 6.07. The lowest BCUT2D eigenvalue weighted by atomic mass is 10.2. The van der Waals surface area contributed by atoms with Gasteiger partial charge >= 0.3 is 0 Å². The SMILES string of the molecule is CS(=O)(=O)c1ccc(Cl)c(CNO)c1. The summed E-state index contributed by atoms with van der Waals surface area (Å²) in [4.78, 5) is 0.187. The van der Waals surface area contributed by atoms with Crippen LogP contribution in [-0.4, -0.2) is 19.9 Å². The Morgan fingerprint density at radius 2 is 2.14 bits per heavy atom. The van der Waals surface area contributed by atoms with Gasteiger partial charge in [-0.25, -0.2) is 13.9 Å². The molecule has 0 radical (unpaired) electrons. The Balaban J connectivity index is 3.20. The highest BCUT2D eigenvalue weighted by Crippen LogP contribution is 2.20. The van der Waals surface area contributed by atoms with Crippen LogP contribution in [0.2, 0.25) is 5.02 Å². The van der Waals surface area contributed by atoms with Crippen molar-refractivity contribution in [1.29, 1.82) is 0 Å². The molecule has 78 valence electrons. The molecule has 0 aromatic heterocycles. The third kappa shape index (κ3) is 2.68. The summed E-state index contributed by atoms with van der Waals surface area (Å²) in [5.74, 6) is 0. The van der Waals surface area contributed by atoms with Gasteiger partial charge in [-0.15, -0.1) is 0 Å². The third-order valence-corrected chi connectivity index (χ3v) is 3.19. The monoisotopic (exact) mass is 235 g/mol. The van der Waals surface area contributed by atoms with E-state index in [0.29, 0.717) is 10.6 Å². The van der Waals surface area contributed by atoms with Crippen molar-refractivity contribution in [2.75, 3.05) is 6.26 Å². The van der Waals surface area contributed by atoms with Crippen LogP contribution < -0.4 is 5.48 Å². The van der Waals surface area contributed by atoms with Crippen LogP contribution in [0.25, 0.3) is 0 Å². The van der Waals surface area contributed by atoms with E-state index in [1.54, 1.807) is 0 Å². The van der Waals surface area contributed by atoms with Crippen LogP contribution in [0.1, 0.15) is 5.56 Å². The van der Waals surface area contributed by atoms with Crippen molar-refractivity contribution >= 4 is 21.4 Å². The summed E-state index contributed by atoms with van der Waals surface area (Å²) in [6.45, 7) is 0.113. The molecule has 1 rings (SSSR count). The molecule has 0 bridgehead atoms. The van der Waals surface area contributed by atoms with E-state index in [9.17, 15) is 8.42 Å². The molecule has 0 atom stereocenters. The van der Waals surface area contributed by atoms with Crippen molar-refractivity contribution in [3.63, 3.8) is 0 Å². The normalized spacial score (nSPS) is 11.6. The number of hydroxylamine groups is 1. The summed E-state index contributed by atoms with van der Waals surface area (Å²) >= 11 is 5.78. The summed E-state index contributed by atoms with van der Waals surface area (Å²) in [7, 11) is -3.23. The van der Waals surface area contributed by atoms with E-state index >= 15 is 0 Å². The number of nitrogens with one attached hydrogen (secondary N) is 1. The maximum atomic E-state index is 11.2. The Morgan fingerprint density at radius 3 is 2.64 bits per heavy atom. The summed E-state index contributed by atoms with van der Waals surface area (Å²) in [6.07, 6.45) is 1.12. The molecule has 0 unspecified atom stereocenters. The molecule has 14 heavy (non-hydrogen) atoms. The predicted octanol–water partition coefficient (Wildman–Crippen LogP) is 1.22. The molecule has 0 saturated heterocycles. The number of hydrogen-bond donors (Lipinski definition) is 2. The van der Waals surface area contributed by atoms with Gasteiger partial charge in [-0.05, 0) is 23.8 Å². The quantitative estimate of drug-likeness (QED) is 0.774. The van der Waals surface area contributed by atoms with Gasteiger partial charge in [-0.3, -0.25) is 0 Å². The van der Waals surface area contributed by atoms with E-state index in [1.807, 2.05) is 5.48 Å². The zero-order valence-corrected chi connectivity index (χ0v) is 9.06. The fourth-order valence-electron chi connectivity index (χ4n) is 1.00. The minimum Gasteiger partial charge on any atom is -0.316 e. The van der Waals surface area contributed by atoms with Crippen LogP contribution in [-0.2, 0) is 16.4 Å². The zero-order valence-electron chi connectivity index (χ0n) is 7.49. The minimum atomic E-state index is -3.23.